The fourth-order valence-corrected chi connectivity index (χ4v) is 5.10. The summed E-state index contributed by atoms with van der Waals surface area (Å²) in [6, 6.07) is 35.3. The van der Waals surface area contributed by atoms with Crippen molar-refractivity contribution in [1.82, 2.24) is 0 Å². The maximum absolute atomic E-state index is 12.7. The van der Waals surface area contributed by atoms with E-state index in [-0.39, 0.29) is 37.4 Å². The number of ether oxygens (including phenoxy) is 2. The second-order valence-corrected chi connectivity index (χ2v) is 11.5. The van der Waals surface area contributed by atoms with Gasteiger partial charge in [-0.3, -0.25) is 24.0 Å². The zero-order valence-corrected chi connectivity index (χ0v) is 27.8. The molecular weight excluding hydrogens is 608 g/mol. The molecule has 1 unspecified atom stereocenters. The molecule has 0 radical (unpaired) electrons. The van der Waals surface area contributed by atoms with E-state index in [1.807, 2.05) is 109 Å². The van der Waals surface area contributed by atoms with Gasteiger partial charge in [-0.25, -0.2) is 0 Å². The Morgan fingerprint density at radius 3 is 1.48 bits per heavy atom. The normalized spacial score (nSPS) is 12.3. The van der Waals surface area contributed by atoms with Crippen molar-refractivity contribution in [3.8, 4) is 22.3 Å². The molecule has 4 aromatic rings. The summed E-state index contributed by atoms with van der Waals surface area (Å²) in [4.78, 5) is 59.4. The fourth-order valence-electron chi connectivity index (χ4n) is 5.10. The van der Waals surface area contributed by atoms with E-state index < -0.39 is 35.7 Å². The van der Waals surface area contributed by atoms with Gasteiger partial charge in [0.15, 0.2) is 5.78 Å². The number of ketones is 2. The molecule has 8 nitrogen and oxygen atoms in total. The van der Waals surface area contributed by atoms with E-state index in [1.54, 1.807) is 13.8 Å². The van der Waals surface area contributed by atoms with Crippen molar-refractivity contribution in [1.29, 1.82) is 0 Å². The molecule has 0 aliphatic carbocycles. The first kappa shape index (κ1) is 37.1. The lowest BCUT2D eigenvalue weighted by molar-refractivity contribution is -0.161. The topological polar surface area (TPSA) is 124 Å². The number of hydrogen-bond donors (Lipinski definition) is 1. The summed E-state index contributed by atoms with van der Waals surface area (Å²) < 4.78 is 9.68. The number of benzene rings is 4. The Morgan fingerprint density at radius 2 is 1.06 bits per heavy atom. The van der Waals surface area contributed by atoms with Gasteiger partial charge in [0.1, 0.15) is 11.7 Å². The molecule has 48 heavy (non-hydrogen) atoms. The molecular formula is C40H42O8. The highest BCUT2D eigenvalue weighted by atomic mass is 16.5. The highest BCUT2D eigenvalue weighted by molar-refractivity contribution is 6.03. The summed E-state index contributed by atoms with van der Waals surface area (Å²) in [6.45, 7) is 4.86. The zero-order chi connectivity index (χ0) is 35.1. The molecule has 1 N–H and O–H groups in total. The molecule has 8 heteroatoms. The fraction of sp³-hybridized carbons (Fsp3) is 0.275. The van der Waals surface area contributed by atoms with Gasteiger partial charge in [0.2, 0.25) is 0 Å². The molecule has 0 fully saturated rings. The SMILES string of the molecule is CCOC(=O)C(C(=O)Cc1ccc(-c2ccccc2)cc1)[C@@H](C)C(=O)OC.C[C@H](CC(=O)Cc1ccc(-c2ccccc2)cc1)C(=O)O. The first-order valence-electron chi connectivity index (χ1n) is 15.8. The maximum atomic E-state index is 12.7. The van der Waals surface area contributed by atoms with Crippen LogP contribution in [0, 0.1) is 17.8 Å². The van der Waals surface area contributed by atoms with Gasteiger partial charge in [-0.05, 0) is 40.3 Å². The van der Waals surface area contributed by atoms with Crippen molar-refractivity contribution in [3.63, 3.8) is 0 Å². The average Bonchev–Trinajstić information content (AvgIpc) is 3.09. The molecule has 0 aliphatic rings. The number of aliphatic carboxylic acids is 1. The van der Waals surface area contributed by atoms with E-state index in [0.717, 1.165) is 33.4 Å². The number of carbonyl (C=O) groups is 5. The summed E-state index contributed by atoms with van der Waals surface area (Å²) in [7, 11) is 1.23. The van der Waals surface area contributed by atoms with E-state index in [2.05, 4.69) is 4.74 Å². The Balaban J connectivity index is 0.000000269. The molecule has 3 atom stereocenters. The van der Waals surface area contributed by atoms with Gasteiger partial charge in [0, 0.05) is 19.3 Å². The van der Waals surface area contributed by atoms with E-state index in [1.165, 1.54) is 14.0 Å². The second-order valence-electron chi connectivity index (χ2n) is 11.5. The molecule has 0 heterocycles. The molecule has 0 saturated carbocycles. The monoisotopic (exact) mass is 650 g/mol. The van der Waals surface area contributed by atoms with Gasteiger partial charge >= 0.3 is 17.9 Å². The van der Waals surface area contributed by atoms with Crippen LogP contribution in [0.1, 0.15) is 38.3 Å². The highest BCUT2D eigenvalue weighted by Crippen LogP contribution is 2.23. The summed E-state index contributed by atoms with van der Waals surface area (Å²) in [6.07, 6.45) is 0.405. The number of methoxy groups -OCH3 is 1. The summed E-state index contributed by atoms with van der Waals surface area (Å²) in [5.41, 5.74) is 6.04. The van der Waals surface area contributed by atoms with E-state index in [9.17, 15) is 24.0 Å². The Morgan fingerprint density at radius 1 is 0.625 bits per heavy atom. The zero-order valence-electron chi connectivity index (χ0n) is 27.8. The first-order chi connectivity index (χ1) is 23.0. The summed E-state index contributed by atoms with van der Waals surface area (Å²) in [5.74, 6) is -5.33. The quantitative estimate of drug-likeness (QED) is 0.114. The van der Waals surface area contributed by atoms with Crippen molar-refractivity contribution in [2.24, 2.45) is 17.8 Å². The van der Waals surface area contributed by atoms with E-state index >= 15 is 0 Å². The third-order valence-corrected chi connectivity index (χ3v) is 7.82. The number of esters is 2. The highest BCUT2D eigenvalue weighted by Gasteiger charge is 2.37. The van der Waals surface area contributed by atoms with Crippen LogP contribution in [-0.4, -0.2) is 48.3 Å². The van der Waals surface area contributed by atoms with Crippen molar-refractivity contribution in [2.45, 2.75) is 40.0 Å². The van der Waals surface area contributed by atoms with Gasteiger partial charge in [-0.15, -0.1) is 0 Å². The first-order valence-corrected chi connectivity index (χ1v) is 15.8. The lowest BCUT2D eigenvalue weighted by Gasteiger charge is -2.19. The molecule has 0 bridgehead atoms. The summed E-state index contributed by atoms with van der Waals surface area (Å²) >= 11 is 0. The van der Waals surface area contributed by atoms with Crippen LogP contribution in [0.2, 0.25) is 0 Å². The van der Waals surface area contributed by atoms with Crippen LogP contribution >= 0.6 is 0 Å². The third kappa shape index (κ3) is 11.2. The van der Waals surface area contributed by atoms with Crippen molar-refractivity contribution in [2.75, 3.05) is 13.7 Å². The molecule has 4 rings (SSSR count). The Bertz CT molecular complexity index is 1650. The third-order valence-electron chi connectivity index (χ3n) is 7.82. The molecule has 250 valence electrons. The smallest absolute Gasteiger partial charge is 0.317 e. The molecule has 0 aromatic heterocycles. The van der Waals surface area contributed by atoms with Gasteiger partial charge in [-0.2, -0.15) is 0 Å². The van der Waals surface area contributed by atoms with Crippen LogP contribution in [0.3, 0.4) is 0 Å². The van der Waals surface area contributed by atoms with Crippen LogP contribution in [-0.2, 0) is 46.3 Å². The van der Waals surface area contributed by atoms with Crippen molar-refractivity contribution < 1.29 is 38.6 Å². The number of hydrogen-bond acceptors (Lipinski definition) is 7. The largest absolute Gasteiger partial charge is 0.481 e. The minimum Gasteiger partial charge on any atom is -0.481 e. The Labute approximate surface area is 281 Å². The van der Waals surface area contributed by atoms with Crippen LogP contribution in [0.15, 0.2) is 109 Å². The van der Waals surface area contributed by atoms with Gasteiger partial charge in [0.25, 0.3) is 0 Å². The number of carbonyl (C=O) groups excluding carboxylic acids is 4. The van der Waals surface area contributed by atoms with E-state index in [0.29, 0.717) is 0 Å². The summed E-state index contributed by atoms with van der Waals surface area (Å²) in [5, 5.41) is 8.81. The number of carboxylic acids is 1. The number of rotatable bonds is 14. The molecule has 4 aromatic carbocycles. The van der Waals surface area contributed by atoms with Gasteiger partial charge in [-0.1, -0.05) is 123 Å². The molecule has 0 amide bonds. The predicted molar refractivity (Wildman–Crippen MR) is 184 cm³/mol. The van der Waals surface area contributed by atoms with Crippen LogP contribution in [0.5, 0.6) is 0 Å². The van der Waals surface area contributed by atoms with Crippen molar-refractivity contribution >= 4 is 29.5 Å². The van der Waals surface area contributed by atoms with Crippen molar-refractivity contribution in [3.05, 3.63) is 120 Å². The van der Waals surface area contributed by atoms with Gasteiger partial charge < -0.3 is 14.6 Å². The lowest BCUT2D eigenvalue weighted by Crippen LogP contribution is -2.37. The molecule has 0 saturated heterocycles. The molecule has 0 spiro atoms. The van der Waals surface area contributed by atoms with E-state index in [4.69, 9.17) is 9.84 Å². The number of Topliss-reactive ketones (excluding diaryl/α,β-unsaturated/α-hetero) is 2. The number of carboxylic acid groups (broad SMARTS) is 1. The lowest BCUT2D eigenvalue weighted by atomic mass is 9.87. The van der Waals surface area contributed by atoms with Crippen LogP contribution in [0.25, 0.3) is 22.3 Å². The Kier molecular flexibility index (Phi) is 14.4. The average molecular weight is 651 g/mol. The van der Waals surface area contributed by atoms with Crippen LogP contribution < -0.4 is 0 Å². The van der Waals surface area contributed by atoms with Gasteiger partial charge in [0.05, 0.1) is 25.6 Å². The minimum absolute atomic E-state index is 0.0416. The predicted octanol–water partition coefficient (Wildman–Crippen LogP) is 7.03. The van der Waals surface area contributed by atoms with Crippen LogP contribution in [0.4, 0.5) is 0 Å². The Hall–Kier alpha value is -5.37. The standard InChI is InChI=1S/C22H24O5.C18H18O3/c1-4-27-22(25)20(15(2)21(24)26-3)19(23)14-16-10-12-18(13-11-16)17-8-6-5-7-9-17;1-13(18(20)21)11-17(19)12-14-7-9-16(10-8-14)15-5-3-2-4-6-15/h5-13,15,20H,4,14H2,1-3H3;2-10,13H,11-12H2,1H3,(H,20,21)/t15-,20?;13-/m11/s1. The molecule has 0 aliphatic heterocycles. The second kappa shape index (κ2) is 18.7. The maximum Gasteiger partial charge on any atom is 0.317 e. The minimum atomic E-state index is -1.17.